The number of nitrogens with zero attached hydrogens (tertiary/aromatic N) is 2. The van der Waals surface area contributed by atoms with Gasteiger partial charge in [-0.2, -0.15) is 0 Å². The van der Waals surface area contributed by atoms with E-state index in [-0.39, 0.29) is 12.6 Å². The largest absolute Gasteiger partial charge is 0.387 e. The summed E-state index contributed by atoms with van der Waals surface area (Å²) in [6.45, 7) is 1.07. The van der Waals surface area contributed by atoms with Crippen LogP contribution < -0.4 is 10.6 Å². The number of imidazole rings is 1. The molecule has 1 aromatic heterocycles. The molecular weight excluding hydrogens is 275 g/mol. The van der Waals surface area contributed by atoms with E-state index < -0.39 is 11.9 Å². The Morgan fingerprint density at radius 2 is 2.29 bits per heavy atom. The normalized spacial score (nSPS) is 11.9. The number of benzene rings is 1. The minimum absolute atomic E-state index is 0.0142. The maximum absolute atomic E-state index is 13.0. The van der Waals surface area contributed by atoms with Crippen LogP contribution in [0.5, 0.6) is 0 Å². The van der Waals surface area contributed by atoms with Gasteiger partial charge in [-0.1, -0.05) is 12.1 Å². The van der Waals surface area contributed by atoms with Gasteiger partial charge in [-0.25, -0.2) is 14.2 Å². The molecule has 21 heavy (non-hydrogen) atoms. The summed E-state index contributed by atoms with van der Waals surface area (Å²) in [5.74, 6) is -0.420. The first kappa shape index (κ1) is 15.0. The van der Waals surface area contributed by atoms with Gasteiger partial charge in [0.15, 0.2) is 0 Å². The zero-order chi connectivity index (χ0) is 15.1. The minimum atomic E-state index is -0.944. The summed E-state index contributed by atoms with van der Waals surface area (Å²) in [5, 5.41) is 15.0. The first-order valence-corrected chi connectivity index (χ1v) is 6.56. The van der Waals surface area contributed by atoms with Gasteiger partial charge in [0.1, 0.15) is 5.82 Å². The third-order valence-corrected chi connectivity index (χ3v) is 2.90. The predicted molar refractivity (Wildman–Crippen MR) is 75.0 cm³/mol. The predicted octanol–water partition coefficient (Wildman–Crippen LogP) is 1.05. The van der Waals surface area contributed by atoms with Gasteiger partial charge in [0.25, 0.3) is 0 Å². The number of urea groups is 1. The van der Waals surface area contributed by atoms with E-state index in [0.29, 0.717) is 18.7 Å². The number of halogens is 1. The molecule has 0 bridgehead atoms. The van der Waals surface area contributed by atoms with Crippen molar-refractivity contribution in [2.45, 2.75) is 12.6 Å². The van der Waals surface area contributed by atoms with Crippen LogP contribution in [0.2, 0.25) is 0 Å². The standard InChI is InChI=1S/C14H17FN4O2/c15-12-3-1-2-11(8-12)13(20)9-18-14(21)17-5-7-19-6-4-16-10-19/h1-4,6,8,10,13,20H,5,7,9H2,(H2,17,18,21)/t13-/m1/s1. The van der Waals surface area contributed by atoms with Gasteiger partial charge in [-0.15, -0.1) is 0 Å². The molecule has 0 radical (unpaired) electrons. The van der Waals surface area contributed by atoms with E-state index in [1.165, 1.54) is 18.2 Å². The number of hydrogen-bond acceptors (Lipinski definition) is 3. The average molecular weight is 292 g/mol. The van der Waals surface area contributed by atoms with Crippen LogP contribution in [0.15, 0.2) is 43.0 Å². The summed E-state index contributed by atoms with van der Waals surface area (Å²) >= 11 is 0. The highest BCUT2D eigenvalue weighted by Gasteiger charge is 2.09. The second kappa shape index (κ2) is 7.39. The average Bonchev–Trinajstić information content (AvgIpc) is 2.98. The summed E-state index contributed by atoms with van der Waals surface area (Å²) in [7, 11) is 0. The number of nitrogens with one attached hydrogen (secondary N) is 2. The fourth-order valence-electron chi connectivity index (χ4n) is 1.80. The molecule has 1 aromatic carbocycles. The Labute approximate surface area is 121 Å². The molecule has 2 aromatic rings. The van der Waals surface area contributed by atoms with E-state index in [1.807, 2.05) is 4.57 Å². The van der Waals surface area contributed by atoms with Crippen molar-refractivity contribution in [2.75, 3.05) is 13.1 Å². The molecule has 0 fully saturated rings. The number of aliphatic hydroxyl groups is 1. The molecule has 1 heterocycles. The van der Waals surface area contributed by atoms with Crippen LogP contribution in [-0.2, 0) is 6.54 Å². The lowest BCUT2D eigenvalue weighted by Gasteiger charge is -2.13. The zero-order valence-corrected chi connectivity index (χ0v) is 11.4. The molecule has 6 nitrogen and oxygen atoms in total. The van der Waals surface area contributed by atoms with Crippen LogP contribution in [0.4, 0.5) is 9.18 Å². The SMILES string of the molecule is O=C(NCCn1ccnc1)NC[C@@H](O)c1cccc(F)c1. The van der Waals surface area contributed by atoms with Crippen LogP contribution in [-0.4, -0.2) is 33.8 Å². The lowest BCUT2D eigenvalue weighted by atomic mass is 10.1. The summed E-state index contributed by atoms with van der Waals surface area (Å²) in [6, 6.07) is 5.27. The Bertz CT molecular complexity index is 574. The summed E-state index contributed by atoms with van der Waals surface area (Å²) < 4.78 is 14.8. The molecule has 2 rings (SSSR count). The van der Waals surface area contributed by atoms with Crippen LogP contribution >= 0.6 is 0 Å². The second-order valence-electron chi connectivity index (χ2n) is 4.51. The van der Waals surface area contributed by atoms with Gasteiger partial charge in [-0.3, -0.25) is 0 Å². The van der Waals surface area contributed by atoms with E-state index in [0.717, 1.165) is 0 Å². The van der Waals surface area contributed by atoms with Gasteiger partial charge < -0.3 is 20.3 Å². The lowest BCUT2D eigenvalue weighted by molar-refractivity contribution is 0.172. The van der Waals surface area contributed by atoms with Gasteiger partial charge in [0.2, 0.25) is 0 Å². The lowest BCUT2D eigenvalue weighted by Crippen LogP contribution is -2.39. The molecule has 0 saturated carbocycles. The highest BCUT2D eigenvalue weighted by atomic mass is 19.1. The monoisotopic (exact) mass is 292 g/mol. The van der Waals surface area contributed by atoms with E-state index in [4.69, 9.17) is 0 Å². The first-order chi connectivity index (χ1) is 10.1. The third-order valence-electron chi connectivity index (χ3n) is 2.90. The van der Waals surface area contributed by atoms with Crippen molar-refractivity contribution < 1.29 is 14.3 Å². The number of carbonyl (C=O) groups is 1. The third kappa shape index (κ3) is 4.88. The molecule has 0 aliphatic heterocycles. The van der Waals surface area contributed by atoms with Crippen molar-refractivity contribution in [3.63, 3.8) is 0 Å². The molecule has 0 aliphatic carbocycles. The Hall–Kier alpha value is -2.41. The topological polar surface area (TPSA) is 79.2 Å². The molecule has 0 aliphatic rings. The van der Waals surface area contributed by atoms with Crippen molar-refractivity contribution in [1.82, 2.24) is 20.2 Å². The van der Waals surface area contributed by atoms with Gasteiger partial charge >= 0.3 is 6.03 Å². The Morgan fingerprint density at radius 3 is 3.00 bits per heavy atom. The highest BCUT2D eigenvalue weighted by molar-refractivity contribution is 5.73. The highest BCUT2D eigenvalue weighted by Crippen LogP contribution is 2.12. The number of carbonyl (C=O) groups excluding carboxylic acids is 1. The van der Waals surface area contributed by atoms with E-state index >= 15 is 0 Å². The summed E-state index contributed by atoms with van der Waals surface area (Å²) in [5.41, 5.74) is 0.425. The number of amides is 2. The summed E-state index contributed by atoms with van der Waals surface area (Å²) in [6.07, 6.45) is 4.18. The molecule has 2 amide bonds. The maximum Gasteiger partial charge on any atom is 0.314 e. The molecule has 3 N–H and O–H groups in total. The van der Waals surface area contributed by atoms with E-state index in [9.17, 15) is 14.3 Å². The van der Waals surface area contributed by atoms with Crippen LogP contribution in [0.3, 0.4) is 0 Å². The zero-order valence-electron chi connectivity index (χ0n) is 11.4. The second-order valence-corrected chi connectivity index (χ2v) is 4.51. The van der Waals surface area contributed by atoms with Gasteiger partial charge in [0, 0.05) is 32.0 Å². The first-order valence-electron chi connectivity index (χ1n) is 6.56. The minimum Gasteiger partial charge on any atom is -0.387 e. The number of hydrogen-bond donors (Lipinski definition) is 3. The van der Waals surface area contributed by atoms with Crippen molar-refractivity contribution in [1.29, 1.82) is 0 Å². The summed E-state index contributed by atoms with van der Waals surface area (Å²) in [4.78, 5) is 15.4. The fraction of sp³-hybridized carbons (Fsp3) is 0.286. The number of aromatic nitrogens is 2. The molecular formula is C14H17FN4O2. The smallest absolute Gasteiger partial charge is 0.314 e. The Balaban J connectivity index is 1.68. The molecule has 112 valence electrons. The molecule has 7 heteroatoms. The number of aliphatic hydroxyl groups excluding tert-OH is 1. The van der Waals surface area contributed by atoms with Crippen molar-refractivity contribution >= 4 is 6.03 Å². The van der Waals surface area contributed by atoms with Gasteiger partial charge in [-0.05, 0) is 17.7 Å². The van der Waals surface area contributed by atoms with Crippen LogP contribution in [0.1, 0.15) is 11.7 Å². The maximum atomic E-state index is 13.0. The van der Waals surface area contributed by atoms with E-state index in [2.05, 4.69) is 15.6 Å². The van der Waals surface area contributed by atoms with Crippen LogP contribution in [0, 0.1) is 5.82 Å². The van der Waals surface area contributed by atoms with Crippen molar-refractivity contribution in [3.05, 3.63) is 54.4 Å². The van der Waals surface area contributed by atoms with Gasteiger partial charge in [0.05, 0.1) is 12.4 Å². The number of rotatable bonds is 6. The Kier molecular flexibility index (Phi) is 5.28. The fourth-order valence-corrected chi connectivity index (χ4v) is 1.80. The molecule has 0 saturated heterocycles. The van der Waals surface area contributed by atoms with Crippen molar-refractivity contribution in [2.24, 2.45) is 0 Å². The van der Waals surface area contributed by atoms with Crippen LogP contribution in [0.25, 0.3) is 0 Å². The van der Waals surface area contributed by atoms with Crippen molar-refractivity contribution in [3.8, 4) is 0 Å². The Morgan fingerprint density at radius 1 is 1.43 bits per heavy atom. The molecule has 0 spiro atoms. The molecule has 0 unspecified atom stereocenters. The quantitative estimate of drug-likeness (QED) is 0.744. The van der Waals surface area contributed by atoms with E-state index in [1.54, 1.807) is 24.8 Å². The molecule has 1 atom stereocenters.